The highest BCUT2D eigenvalue weighted by molar-refractivity contribution is 9.10. The van der Waals surface area contributed by atoms with Gasteiger partial charge in [0, 0.05) is 17.6 Å². The Morgan fingerprint density at radius 1 is 1.39 bits per heavy atom. The molecule has 0 aliphatic rings. The third kappa shape index (κ3) is 4.59. The Labute approximate surface area is 122 Å². The van der Waals surface area contributed by atoms with E-state index in [2.05, 4.69) is 40.0 Å². The SMILES string of the molecule is CCN(CC)CCNC(=O)c1cc(Br)ccc1Cl. The maximum atomic E-state index is 11.9. The average molecular weight is 334 g/mol. The molecular formula is C13H18BrClN2O. The molecule has 0 heterocycles. The number of carbonyl (C=O) groups excluding carboxylic acids is 1. The van der Waals surface area contributed by atoms with E-state index in [1.54, 1.807) is 12.1 Å². The fraction of sp³-hybridized carbons (Fsp3) is 0.462. The van der Waals surface area contributed by atoms with Crippen LogP contribution in [-0.2, 0) is 0 Å². The highest BCUT2D eigenvalue weighted by Crippen LogP contribution is 2.20. The summed E-state index contributed by atoms with van der Waals surface area (Å²) in [6, 6.07) is 5.26. The van der Waals surface area contributed by atoms with E-state index in [9.17, 15) is 4.79 Å². The number of nitrogens with zero attached hydrogens (tertiary/aromatic N) is 1. The van der Waals surface area contributed by atoms with Crippen LogP contribution in [0.15, 0.2) is 22.7 Å². The van der Waals surface area contributed by atoms with Crippen LogP contribution in [0, 0.1) is 0 Å². The van der Waals surface area contributed by atoms with Crippen LogP contribution in [-0.4, -0.2) is 37.0 Å². The van der Waals surface area contributed by atoms with Crippen LogP contribution in [0.4, 0.5) is 0 Å². The lowest BCUT2D eigenvalue weighted by Gasteiger charge is -2.18. The minimum atomic E-state index is -0.131. The molecule has 1 rings (SSSR count). The van der Waals surface area contributed by atoms with Gasteiger partial charge in [-0.15, -0.1) is 0 Å². The Morgan fingerprint density at radius 3 is 2.67 bits per heavy atom. The van der Waals surface area contributed by atoms with Crippen LogP contribution in [0.1, 0.15) is 24.2 Å². The second-order valence-corrected chi connectivity index (χ2v) is 5.23. The summed E-state index contributed by atoms with van der Waals surface area (Å²) in [6.45, 7) is 7.68. The summed E-state index contributed by atoms with van der Waals surface area (Å²) in [7, 11) is 0. The molecule has 1 aromatic rings. The normalized spacial score (nSPS) is 10.7. The number of benzene rings is 1. The second-order valence-electron chi connectivity index (χ2n) is 3.91. The van der Waals surface area contributed by atoms with Crippen LogP contribution in [0.25, 0.3) is 0 Å². The van der Waals surface area contributed by atoms with Crippen LogP contribution >= 0.6 is 27.5 Å². The van der Waals surface area contributed by atoms with E-state index in [1.165, 1.54) is 0 Å². The molecular weight excluding hydrogens is 316 g/mol. The van der Waals surface area contributed by atoms with E-state index in [0.717, 1.165) is 24.1 Å². The van der Waals surface area contributed by atoms with Crippen molar-refractivity contribution in [2.45, 2.75) is 13.8 Å². The highest BCUT2D eigenvalue weighted by atomic mass is 79.9. The van der Waals surface area contributed by atoms with Gasteiger partial charge < -0.3 is 10.2 Å². The van der Waals surface area contributed by atoms with Crippen molar-refractivity contribution in [3.05, 3.63) is 33.3 Å². The smallest absolute Gasteiger partial charge is 0.252 e. The van der Waals surface area contributed by atoms with Crippen molar-refractivity contribution in [2.75, 3.05) is 26.2 Å². The van der Waals surface area contributed by atoms with Gasteiger partial charge in [0.15, 0.2) is 0 Å². The molecule has 0 aliphatic carbocycles. The molecule has 0 spiro atoms. The lowest BCUT2D eigenvalue weighted by molar-refractivity contribution is 0.0949. The maximum absolute atomic E-state index is 11.9. The molecule has 5 heteroatoms. The van der Waals surface area contributed by atoms with Gasteiger partial charge in [0.05, 0.1) is 10.6 Å². The van der Waals surface area contributed by atoms with Crippen molar-refractivity contribution >= 4 is 33.4 Å². The van der Waals surface area contributed by atoms with Crippen molar-refractivity contribution in [2.24, 2.45) is 0 Å². The van der Waals surface area contributed by atoms with Gasteiger partial charge in [0.25, 0.3) is 5.91 Å². The molecule has 0 atom stereocenters. The summed E-state index contributed by atoms with van der Waals surface area (Å²) in [5.74, 6) is -0.131. The third-order valence-corrected chi connectivity index (χ3v) is 3.60. The van der Waals surface area contributed by atoms with E-state index in [4.69, 9.17) is 11.6 Å². The minimum absolute atomic E-state index is 0.131. The van der Waals surface area contributed by atoms with Gasteiger partial charge in [-0.3, -0.25) is 4.79 Å². The first-order valence-corrected chi connectivity index (χ1v) is 7.21. The quantitative estimate of drug-likeness (QED) is 0.867. The summed E-state index contributed by atoms with van der Waals surface area (Å²) in [5, 5.41) is 3.35. The van der Waals surface area contributed by atoms with Gasteiger partial charge in [0.2, 0.25) is 0 Å². The Morgan fingerprint density at radius 2 is 2.06 bits per heavy atom. The van der Waals surface area contributed by atoms with E-state index in [1.807, 2.05) is 6.07 Å². The third-order valence-electron chi connectivity index (χ3n) is 2.78. The lowest BCUT2D eigenvalue weighted by atomic mass is 10.2. The van der Waals surface area contributed by atoms with Gasteiger partial charge in [-0.1, -0.05) is 41.4 Å². The fourth-order valence-corrected chi connectivity index (χ4v) is 2.20. The first kappa shape index (κ1) is 15.5. The molecule has 1 N–H and O–H groups in total. The number of rotatable bonds is 6. The fourth-order valence-electron chi connectivity index (χ4n) is 1.63. The summed E-state index contributed by atoms with van der Waals surface area (Å²) in [6.07, 6.45) is 0. The molecule has 0 aliphatic heterocycles. The number of likely N-dealkylation sites (N-methyl/N-ethyl adjacent to an activating group) is 1. The Kier molecular flexibility index (Phi) is 6.68. The second kappa shape index (κ2) is 7.77. The molecule has 100 valence electrons. The molecule has 0 radical (unpaired) electrons. The molecule has 0 saturated carbocycles. The van der Waals surface area contributed by atoms with E-state index < -0.39 is 0 Å². The number of hydrogen-bond acceptors (Lipinski definition) is 2. The zero-order valence-corrected chi connectivity index (χ0v) is 13.0. The molecule has 0 unspecified atom stereocenters. The Balaban J connectivity index is 2.53. The molecule has 0 saturated heterocycles. The first-order chi connectivity index (χ1) is 8.58. The van der Waals surface area contributed by atoms with Gasteiger partial charge in [-0.2, -0.15) is 0 Å². The number of nitrogens with one attached hydrogen (secondary N) is 1. The number of halogens is 2. The molecule has 0 bridgehead atoms. The van der Waals surface area contributed by atoms with E-state index in [0.29, 0.717) is 17.1 Å². The standard InChI is InChI=1S/C13H18BrClN2O/c1-3-17(4-2)8-7-16-13(18)11-9-10(14)5-6-12(11)15/h5-6,9H,3-4,7-8H2,1-2H3,(H,16,18). The van der Waals surface area contributed by atoms with Crippen molar-refractivity contribution in [1.29, 1.82) is 0 Å². The van der Waals surface area contributed by atoms with E-state index >= 15 is 0 Å². The molecule has 1 aromatic carbocycles. The van der Waals surface area contributed by atoms with Gasteiger partial charge >= 0.3 is 0 Å². The largest absolute Gasteiger partial charge is 0.351 e. The number of amides is 1. The number of carbonyl (C=O) groups is 1. The molecule has 0 fully saturated rings. The predicted molar refractivity (Wildman–Crippen MR) is 79.3 cm³/mol. The Bertz CT molecular complexity index is 408. The van der Waals surface area contributed by atoms with Crippen LogP contribution < -0.4 is 5.32 Å². The van der Waals surface area contributed by atoms with Gasteiger partial charge in [-0.05, 0) is 31.3 Å². The molecule has 3 nitrogen and oxygen atoms in total. The van der Waals surface area contributed by atoms with Crippen molar-refractivity contribution in [1.82, 2.24) is 10.2 Å². The number of hydrogen-bond donors (Lipinski definition) is 1. The molecule has 18 heavy (non-hydrogen) atoms. The minimum Gasteiger partial charge on any atom is -0.351 e. The van der Waals surface area contributed by atoms with Crippen molar-refractivity contribution in [3.63, 3.8) is 0 Å². The zero-order valence-electron chi connectivity index (χ0n) is 10.7. The summed E-state index contributed by atoms with van der Waals surface area (Å²) in [4.78, 5) is 14.2. The Hall–Kier alpha value is -0.580. The lowest BCUT2D eigenvalue weighted by Crippen LogP contribution is -2.34. The summed E-state index contributed by atoms with van der Waals surface area (Å²) >= 11 is 9.33. The van der Waals surface area contributed by atoms with E-state index in [-0.39, 0.29) is 5.91 Å². The topological polar surface area (TPSA) is 32.3 Å². The summed E-state index contributed by atoms with van der Waals surface area (Å²) in [5.41, 5.74) is 0.505. The maximum Gasteiger partial charge on any atom is 0.252 e. The van der Waals surface area contributed by atoms with Crippen molar-refractivity contribution < 1.29 is 4.79 Å². The zero-order chi connectivity index (χ0) is 13.5. The van der Waals surface area contributed by atoms with Crippen LogP contribution in [0.5, 0.6) is 0 Å². The van der Waals surface area contributed by atoms with Crippen LogP contribution in [0.3, 0.4) is 0 Å². The monoisotopic (exact) mass is 332 g/mol. The molecule has 0 aromatic heterocycles. The van der Waals surface area contributed by atoms with Crippen LogP contribution in [0.2, 0.25) is 5.02 Å². The van der Waals surface area contributed by atoms with Gasteiger partial charge in [-0.25, -0.2) is 0 Å². The van der Waals surface area contributed by atoms with Gasteiger partial charge in [0.1, 0.15) is 0 Å². The van der Waals surface area contributed by atoms with Crippen molar-refractivity contribution in [3.8, 4) is 0 Å². The first-order valence-electron chi connectivity index (χ1n) is 6.04. The highest BCUT2D eigenvalue weighted by Gasteiger charge is 2.10. The predicted octanol–water partition coefficient (Wildman–Crippen LogP) is 3.17. The summed E-state index contributed by atoms with van der Waals surface area (Å²) < 4.78 is 0.848. The molecule has 1 amide bonds. The average Bonchev–Trinajstić information content (AvgIpc) is 2.37.